The first-order valence-corrected chi connectivity index (χ1v) is 17.1. The number of alkyl halides is 3. The van der Waals surface area contributed by atoms with Gasteiger partial charge in [-0.15, -0.1) is 5.11 Å². The number of benzene rings is 4. The maximum Gasteiger partial charge on any atom is 0.420 e. The standard InChI is InChI=1S/C20H20F3N3O.C19H17F4N3O/c1-2-3-4-5-12-27-19-11-10-17(13-18(19)20(21,22)23)26-25-16-8-6-15(14-24)7-9-16;1-2-3-4-5-10-27-19-16(22)14(20)18(15(21)17(19)23)26-25-13-8-6-12(11-24)7-9-13/h6-11,13H,2-5,12H2,1H3;6-9H,2-5,10H2,1H3. The SMILES string of the molecule is CCCCCCOc1c(F)c(F)c(N=Nc2ccc(C#N)cc2)c(F)c1F.CCCCCCOc1ccc(N=Nc2ccc(C#N)cc2)cc1C(F)(F)F. The summed E-state index contributed by atoms with van der Waals surface area (Å²) in [6.45, 7) is 4.25. The van der Waals surface area contributed by atoms with Crippen LogP contribution in [0.4, 0.5) is 53.5 Å². The van der Waals surface area contributed by atoms with E-state index in [-0.39, 0.29) is 30.3 Å². The molecule has 54 heavy (non-hydrogen) atoms. The Morgan fingerprint density at radius 2 is 1.00 bits per heavy atom. The van der Waals surface area contributed by atoms with Gasteiger partial charge in [0.05, 0.1) is 59.1 Å². The number of ether oxygens (including phenoxy) is 2. The summed E-state index contributed by atoms with van der Waals surface area (Å²) >= 11 is 0. The van der Waals surface area contributed by atoms with Gasteiger partial charge in [-0.25, -0.2) is 8.78 Å². The van der Waals surface area contributed by atoms with Crippen LogP contribution in [-0.2, 0) is 6.18 Å². The molecule has 15 heteroatoms. The van der Waals surface area contributed by atoms with Gasteiger partial charge in [0, 0.05) is 0 Å². The molecule has 4 aromatic carbocycles. The zero-order chi connectivity index (χ0) is 39.5. The second-order valence-electron chi connectivity index (χ2n) is 11.6. The smallest absolute Gasteiger partial charge is 0.420 e. The summed E-state index contributed by atoms with van der Waals surface area (Å²) in [6, 6.07) is 19.3. The molecule has 0 aromatic heterocycles. The van der Waals surface area contributed by atoms with E-state index >= 15 is 0 Å². The minimum absolute atomic E-state index is 0.0567. The molecule has 0 aliphatic heterocycles. The monoisotopic (exact) mass is 754 g/mol. The highest BCUT2D eigenvalue weighted by molar-refractivity contribution is 5.50. The molecule has 0 fully saturated rings. The Hall–Kier alpha value is -5.83. The Morgan fingerprint density at radius 3 is 1.46 bits per heavy atom. The van der Waals surface area contributed by atoms with Crippen LogP contribution in [0, 0.1) is 45.9 Å². The van der Waals surface area contributed by atoms with Gasteiger partial charge in [0.25, 0.3) is 0 Å². The van der Waals surface area contributed by atoms with Crippen molar-refractivity contribution in [3.8, 4) is 23.6 Å². The fourth-order valence-corrected chi connectivity index (χ4v) is 4.58. The van der Waals surface area contributed by atoms with Crippen molar-refractivity contribution in [2.75, 3.05) is 13.2 Å². The Balaban J connectivity index is 0.000000290. The fraction of sp³-hybridized carbons (Fsp3) is 0.333. The summed E-state index contributed by atoms with van der Waals surface area (Å²) in [6.07, 6.45) is 2.35. The van der Waals surface area contributed by atoms with E-state index in [4.69, 9.17) is 20.0 Å². The lowest BCUT2D eigenvalue weighted by Crippen LogP contribution is -2.09. The molecule has 0 heterocycles. The van der Waals surface area contributed by atoms with E-state index < -0.39 is 46.4 Å². The van der Waals surface area contributed by atoms with Gasteiger partial charge in [0.2, 0.25) is 11.6 Å². The van der Waals surface area contributed by atoms with Crippen LogP contribution in [0.25, 0.3) is 0 Å². The van der Waals surface area contributed by atoms with Crippen LogP contribution in [0.3, 0.4) is 0 Å². The highest BCUT2D eigenvalue weighted by Crippen LogP contribution is 2.39. The molecule has 0 N–H and O–H groups in total. The van der Waals surface area contributed by atoms with Crippen LogP contribution in [-0.4, -0.2) is 13.2 Å². The van der Waals surface area contributed by atoms with E-state index in [2.05, 4.69) is 27.4 Å². The van der Waals surface area contributed by atoms with Gasteiger partial charge < -0.3 is 9.47 Å². The largest absolute Gasteiger partial charge is 0.493 e. The molecular formula is C39H37F7N6O2. The minimum atomic E-state index is -4.54. The molecule has 0 radical (unpaired) electrons. The van der Waals surface area contributed by atoms with Crippen LogP contribution in [0.2, 0.25) is 0 Å². The minimum Gasteiger partial charge on any atom is -0.493 e. The summed E-state index contributed by atoms with van der Waals surface area (Å²) in [4.78, 5) is 0. The van der Waals surface area contributed by atoms with Crippen molar-refractivity contribution in [3.05, 3.63) is 107 Å². The molecule has 0 aliphatic rings. The lowest BCUT2D eigenvalue weighted by molar-refractivity contribution is -0.138. The molecule has 0 atom stereocenters. The molecule has 0 amide bonds. The third-order valence-corrected chi connectivity index (χ3v) is 7.51. The van der Waals surface area contributed by atoms with Gasteiger partial charge >= 0.3 is 6.18 Å². The molecule has 4 rings (SSSR count). The topological polar surface area (TPSA) is 115 Å². The van der Waals surface area contributed by atoms with Crippen molar-refractivity contribution in [3.63, 3.8) is 0 Å². The van der Waals surface area contributed by atoms with Gasteiger partial charge in [-0.2, -0.15) is 47.8 Å². The van der Waals surface area contributed by atoms with E-state index in [9.17, 15) is 30.7 Å². The van der Waals surface area contributed by atoms with Crippen molar-refractivity contribution in [2.45, 2.75) is 71.4 Å². The van der Waals surface area contributed by atoms with E-state index in [0.717, 1.165) is 44.6 Å². The third-order valence-electron chi connectivity index (χ3n) is 7.51. The molecule has 4 aromatic rings. The van der Waals surface area contributed by atoms with Crippen molar-refractivity contribution < 1.29 is 40.2 Å². The fourth-order valence-electron chi connectivity index (χ4n) is 4.58. The zero-order valence-corrected chi connectivity index (χ0v) is 29.6. The Morgan fingerprint density at radius 1 is 0.556 bits per heavy atom. The third kappa shape index (κ3) is 13.0. The number of rotatable bonds is 16. The van der Waals surface area contributed by atoms with Gasteiger partial charge in [0.1, 0.15) is 5.75 Å². The second-order valence-corrected chi connectivity index (χ2v) is 11.6. The molecule has 0 saturated heterocycles. The van der Waals surface area contributed by atoms with Crippen LogP contribution >= 0.6 is 0 Å². The summed E-state index contributed by atoms with van der Waals surface area (Å²) in [5, 5.41) is 32.0. The summed E-state index contributed by atoms with van der Waals surface area (Å²) in [5.74, 6) is -7.98. The van der Waals surface area contributed by atoms with Crippen LogP contribution in [0.1, 0.15) is 81.9 Å². The summed E-state index contributed by atoms with van der Waals surface area (Å²) in [5.41, 5.74) is -0.562. The number of azo groups is 2. The van der Waals surface area contributed by atoms with Crippen molar-refractivity contribution in [1.82, 2.24) is 0 Å². The predicted molar refractivity (Wildman–Crippen MR) is 188 cm³/mol. The van der Waals surface area contributed by atoms with E-state index in [1.165, 1.54) is 36.4 Å². The Bertz CT molecular complexity index is 1920. The number of halogens is 7. The maximum atomic E-state index is 14.1. The molecular weight excluding hydrogens is 717 g/mol. The highest BCUT2D eigenvalue weighted by atomic mass is 19.4. The van der Waals surface area contributed by atoms with Crippen LogP contribution < -0.4 is 9.47 Å². The van der Waals surface area contributed by atoms with Crippen molar-refractivity contribution in [2.24, 2.45) is 20.5 Å². The van der Waals surface area contributed by atoms with E-state index in [0.29, 0.717) is 29.7 Å². The van der Waals surface area contributed by atoms with Gasteiger partial charge in [-0.1, -0.05) is 52.4 Å². The summed E-state index contributed by atoms with van der Waals surface area (Å²) in [7, 11) is 0. The number of hydrogen-bond donors (Lipinski definition) is 0. The van der Waals surface area contributed by atoms with Gasteiger partial charge in [0.15, 0.2) is 23.1 Å². The van der Waals surface area contributed by atoms with Crippen LogP contribution in [0.5, 0.6) is 11.5 Å². The molecule has 284 valence electrons. The lowest BCUT2D eigenvalue weighted by Gasteiger charge is -2.14. The van der Waals surface area contributed by atoms with Crippen LogP contribution in [0.15, 0.2) is 87.2 Å². The normalized spacial score (nSPS) is 11.2. The highest BCUT2D eigenvalue weighted by Gasteiger charge is 2.35. The van der Waals surface area contributed by atoms with E-state index in [1.54, 1.807) is 24.3 Å². The van der Waals surface area contributed by atoms with Gasteiger partial charge in [-0.05, 0) is 79.6 Å². The van der Waals surface area contributed by atoms with Crippen molar-refractivity contribution in [1.29, 1.82) is 10.5 Å². The first-order chi connectivity index (χ1) is 25.9. The number of nitrogens with zero attached hydrogens (tertiary/aromatic N) is 6. The lowest BCUT2D eigenvalue weighted by atomic mass is 10.1. The molecule has 0 spiro atoms. The van der Waals surface area contributed by atoms with Gasteiger partial charge in [-0.3, -0.25) is 0 Å². The number of hydrogen-bond acceptors (Lipinski definition) is 8. The molecule has 0 aliphatic carbocycles. The Labute approximate surface area is 308 Å². The first-order valence-electron chi connectivity index (χ1n) is 17.1. The molecule has 8 nitrogen and oxygen atoms in total. The molecule has 0 bridgehead atoms. The molecule has 0 unspecified atom stereocenters. The molecule has 0 saturated carbocycles. The van der Waals surface area contributed by atoms with Crippen molar-refractivity contribution >= 4 is 22.7 Å². The quantitative estimate of drug-likeness (QED) is 0.0490. The Kier molecular flexibility index (Phi) is 17.1. The predicted octanol–water partition coefficient (Wildman–Crippen LogP) is 13.4. The average Bonchev–Trinajstić information content (AvgIpc) is 3.18. The average molecular weight is 755 g/mol. The number of unbranched alkanes of at least 4 members (excludes halogenated alkanes) is 6. The second kappa shape index (κ2) is 21.6. The number of nitriles is 2. The summed E-state index contributed by atoms with van der Waals surface area (Å²) < 4.78 is 106. The zero-order valence-electron chi connectivity index (χ0n) is 29.6. The maximum absolute atomic E-state index is 14.1. The first kappa shape index (κ1) is 42.6. The van der Waals surface area contributed by atoms with E-state index in [1.807, 2.05) is 19.1 Å².